The molecule has 0 aromatic heterocycles. The van der Waals surface area contributed by atoms with Crippen molar-refractivity contribution in [3.8, 4) is 17.2 Å². The lowest BCUT2D eigenvalue weighted by Crippen LogP contribution is -2.19. The first-order valence-electron chi connectivity index (χ1n) is 9.19. The van der Waals surface area contributed by atoms with Crippen LogP contribution in [0.4, 0.5) is 4.39 Å². The summed E-state index contributed by atoms with van der Waals surface area (Å²) in [5.41, 5.74) is 4.35. The molecule has 0 aliphatic carbocycles. The molecule has 0 unspecified atom stereocenters. The van der Waals surface area contributed by atoms with Crippen LogP contribution in [0.1, 0.15) is 16.7 Å². The summed E-state index contributed by atoms with van der Waals surface area (Å²) in [7, 11) is 1.51. The fourth-order valence-electron chi connectivity index (χ4n) is 2.67. The Hall–Kier alpha value is -3.87. The van der Waals surface area contributed by atoms with Gasteiger partial charge in [0.05, 0.1) is 19.7 Å². The Morgan fingerprint density at radius 3 is 2.60 bits per heavy atom. The molecule has 0 aliphatic rings. The molecule has 0 spiro atoms. The van der Waals surface area contributed by atoms with E-state index in [-0.39, 0.29) is 30.5 Å². The van der Waals surface area contributed by atoms with Crippen LogP contribution in [0.2, 0.25) is 0 Å². The second-order valence-corrected chi connectivity index (χ2v) is 6.43. The van der Waals surface area contributed by atoms with E-state index in [0.717, 1.165) is 5.56 Å². The molecule has 0 fully saturated rings. The van der Waals surface area contributed by atoms with Gasteiger partial charge in [0, 0.05) is 5.56 Å². The fourth-order valence-corrected chi connectivity index (χ4v) is 2.67. The van der Waals surface area contributed by atoms with Gasteiger partial charge in [-0.15, -0.1) is 0 Å². The number of hydrogen-bond acceptors (Lipinski definition) is 5. The van der Waals surface area contributed by atoms with Crippen LogP contribution in [0.5, 0.6) is 17.2 Å². The number of nitrogens with zero attached hydrogens (tertiary/aromatic N) is 1. The minimum Gasteiger partial charge on any atom is -0.508 e. The molecule has 0 radical (unpaired) electrons. The normalized spacial score (nSPS) is 10.7. The number of hydrazone groups is 1. The number of halogens is 1. The number of carbonyl (C=O) groups excluding carboxylic acids is 1. The number of nitrogens with one attached hydrogen (secondary N) is 1. The summed E-state index contributed by atoms with van der Waals surface area (Å²) in [5, 5.41) is 13.2. The molecule has 1 amide bonds. The van der Waals surface area contributed by atoms with E-state index in [1.807, 2.05) is 0 Å². The molecule has 0 saturated heterocycles. The van der Waals surface area contributed by atoms with E-state index in [9.17, 15) is 14.3 Å². The maximum Gasteiger partial charge on any atom is 0.244 e. The van der Waals surface area contributed by atoms with Gasteiger partial charge in [0.2, 0.25) is 5.91 Å². The van der Waals surface area contributed by atoms with Gasteiger partial charge in [-0.1, -0.05) is 30.3 Å². The summed E-state index contributed by atoms with van der Waals surface area (Å²) in [6.07, 6.45) is 1.63. The molecule has 154 valence electrons. The predicted octanol–water partition coefficient (Wildman–Crippen LogP) is 3.81. The van der Waals surface area contributed by atoms with Gasteiger partial charge in [-0.3, -0.25) is 4.79 Å². The van der Waals surface area contributed by atoms with Crippen LogP contribution in [0.3, 0.4) is 0 Å². The van der Waals surface area contributed by atoms with Crippen molar-refractivity contribution in [1.29, 1.82) is 0 Å². The molecule has 0 saturated carbocycles. The van der Waals surface area contributed by atoms with Crippen LogP contribution in [0, 0.1) is 5.82 Å². The lowest BCUT2D eigenvalue weighted by molar-refractivity contribution is -0.120. The van der Waals surface area contributed by atoms with Gasteiger partial charge in [0.15, 0.2) is 11.5 Å². The van der Waals surface area contributed by atoms with Gasteiger partial charge in [-0.2, -0.15) is 5.10 Å². The van der Waals surface area contributed by atoms with E-state index in [1.165, 1.54) is 31.5 Å². The maximum atomic E-state index is 13.7. The highest BCUT2D eigenvalue weighted by Gasteiger charge is 2.08. The minimum atomic E-state index is -0.330. The quantitative estimate of drug-likeness (QED) is 0.439. The zero-order chi connectivity index (χ0) is 21.3. The molecule has 0 bridgehead atoms. The van der Waals surface area contributed by atoms with Crippen molar-refractivity contribution in [2.75, 3.05) is 7.11 Å². The van der Waals surface area contributed by atoms with Crippen molar-refractivity contribution in [2.45, 2.75) is 13.0 Å². The summed E-state index contributed by atoms with van der Waals surface area (Å²) in [6.45, 7) is 0.0732. The highest BCUT2D eigenvalue weighted by molar-refractivity contribution is 5.84. The third-order valence-corrected chi connectivity index (χ3v) is 4.23. The molecule has 0 aliphatic heterocycles. The Morgan fingerprint density at radius 2 is 1.87 bits per heavy atom. The highest BCUT2D eigenvalue weighted by Crippen LogP contribution is 2.28. The zero-order valence-corrected chi connectivity index (χ0v) is 16.3. The standard InChI is InChI=1S/C23H21FN2O4/c1-29-22-12-17(8-11-21(22)30-15-18-4-2-3-5-20(18)24)14-25-26-23(28)13-16-6-9-19(27)10-7-16/h2-12,14,27H,13,15H2,1H3,(H,26,28)/b25-14-. The minimum absolute atomic E-state index is 0.0732. The monoisotopic (exact) mass is 408 g/mol. The summed E-state index contributed by atoms with van der Waals surface area (Å²) in [6, 6.07) is 17.9. The van der Waals surface area contributed by atoms with Crippen molar-refractivity contribution >= 4 is 12.1 Å². The number of carbonyl (C=O) groups is 1. The third kappa shape index (κ3) is 5.81. The van der Waals surface area contributed by atoms with Crippen molar-refractivity contribution < 1.29 is 23.8 Å². The zero-order valence-electron chi connectivity index (χ0n) is 16.3. The molecule has 30 heavy (non-hydrogen) atoms. The summed E-state index contributed by atoms with van der Waals surface area (Å²) in [4.78, 5) is 11.9. The molecule has 2 N–H and O–H groups in total. The predicted molar refractivity (Wildman–Crippen MR) is 111 cm³/mol. The Kier molecular flexibility index (Phi) is 7.00. The first-order chi connectivity index (χ1) is 14.5. The van der Waals surface area contributed by atoms with E-state index in [0.29, 0.717) is 22.6 Å². The third-order valence-electron chi connectivity index (χ3n) is 4.23. The average molecular weight is 408 g/mol. The number of amides is 1. The van der Waals surface area contributed by atoms with Gasteiger partial charge >= 0.3 is 0 Å². The smallest absolute Gasteiger partial charge is 0.244 e. The van der Waals surface area contributed by atoms with Crippen molar-refractivity contribution in [3.63, 3.8) is 0 Å². The second kappa shape index (κ2) is 10.1. The Morgan fingerprint density at radius 1 is 1.10 bits per heavy atom. The molecule has 6 nitrogen and oxygen atoms in total. The SMILES string of the molecule is COc1cc(/C=N\NC(=O)Cc2ccc(O)cc2)ccc1OCc1ccccc1F. The van der Waals surface area contributed by atoms with E-state index in [1.54, 1.807) is 48.5 Å². The number of rotatable bonds is 8. The first kappa shape index (κ1) is 20.9. The van der Waals surface area contributed by atoms with Crippen LogP contribution in [-0.2, 0) is 17.8 Å². The molecule has 7 heteroatoms. The molecular formula is C23H21FN2O4. The highest BCUT2D eigenvalue weighted by atomic mass is 19.1. The number of aromatic hydroxyl groups is 1. The van der Waals surface area contributed by atoms with Crippen molar-refractivity contribution in [2.24, 2.45) is 5.10 Å². The maximum absolute atomic E-state index is 13.7. The molecule has 0 atom stereocenters. The first-order valence-corrected chi connectivity index (χ1v) is 9.19. The number of hydrogen-bond donors (Lipinski definition) is 2. The van der Waals surface area contributed by atoms with Crippen molar-refractivity contribution in [3.05, 3.63) is 89.2 Å². The number of methoxy groups -OCH3 is 1. The van der Waals surface area contributed by atoms with Gasteiger partial charge in [0.1, 0.15) is 18.2 Å². The van der Waals surface area contributed by atoms with E-state index in [4.69, 9.17) is 9.47 Å². The molecule has 3 rings (SSSR count). The van der Waals surface area contributed by atoms with Crippen LogP contribution in [0.15, 0.2) is 71.8 Å². The van der Waals surface area contributed by atoms with Crippen LogP contribution < -0.4 is 14.9 Å². The Balaban J connectivity index is 1.57. The lowest BCUT2D eigenvalue weighted by atomic mass is 10.1. The summed E-state index contributed by atoms with van der Waals surface area (Å²) >= 11 is 0. The van der Waals surface area contributed by atoms with E-state index < -0.39 is 0 Å². The van der Waals surface area contributed by atoms with E-state index >= 15 is 0 Å². The Bertz CT molecular complexity index is 1040. The molecule has 0 heterocycles. The average Bonchev–Trinajstić information content (AvgIpc) is 2.75. The van der Waals surface area contributed by atoms with Gasteiger partial charge < -0.3 is 14.6 Å². The molecular weight excluding hydrogens is 387 g/mol. The molecule has 3 aromatic carbocycles. The van der Waals surface area contributed by atoms with E-state index in [2.05, 4.69) is 10.5 Å². The van der Waals surface area contributed by atoms with Gasteiger partial charge in [0.25, 0.3) is 0 Å². The Labute approximate surface area is 173 Å². The number of benzene rings is 3. The van der Waals surface area contributed by atoms with Crippen molar-refractivity contribution in [1.82, 2.24) is 5.43 Å². The topological polar surface area (TPSA) is 80.2 Å². The second-order valence-electron chi connectivity index (χ2n) is 6.43. The largest absolute Gasteiger partial charge is 0.508 e. The van der Waals surface area contributed by atoms with Crippen LogP contribution in [0.25, 0.3) is 0 Å². The summed E-state index contributed by atoms with van der Waals surface area (Å²) < 4.78 is 24.7. The molecule has 3 aromatic rings. The van der Waals surface area contributed by atoms with Crippen LogP contribution >= 0.6 is 0 Å². The van der Waals surface area contributed by atoms with Crippen LogP contribution in [-0.4, -0.2) is 24.3 Å². The number of phenolic OH excluding ortho intramolecular Hbond substituents is 1. The van der Waals surface area contributed by atoms with Gasteiger partial charge in [-0.25, -0.2) is 9.82 Å². The lowest BCUT2D eigenvalue weighted by Gasteiger charge is -2.11. The number of phenols is 1. The summed E-state index contributed by atoms with van der Waals surface area (Å²) in [5.74, 6) is 0.462. The fraction of sp³-hybridized carbons (Fsp3) is 0.130. The van der Waals surface area contributed by atoms with Gasteiger partial charge in [-0.05, 0) is 47.5 Å². The number of ether oxygens (including phenoxy) is 2.